The predicted octanol–water partition coefficient (Wildman–Crippen LogP) is 13.3. The molecule has 0 aliphatic carbocycles. The quantitative estimate of drug-likeness (QED) is 0.0469. The van der Waals surface area contributed by atoms with Gasteiger partial charge in [-0.25, -0.2) is 0 Å². The van der Waals surface area contributed by atoms with Crippen molar-refractivity contribution in [3.63, 3.8) is 0 Å². The summed E-state index contributed by atoms with van der Waals surface area (Å²) in [6, 6.07) is 0. The first kappa shape index (κ1) is 58.6. The summed E-state index contributed by atoms with van der Waals surface area (Å²) in [6.07, 6.45) is 35.6. The molecule has 0 aromatic rings. The summed E-state index contributed by atoms with van der Waals surface area (Å²) in [5.74, 6) is -0.999. The predicted molar refractivity (Wildman–Crippen MR) is 263 cm³/mol. The van der Waals surface area contributed by atoms with Crippen molar-refractivity contribution in [2.75, 3.05) is 36.2 Å². The average Bonchev–Trinajstić information content (AvgIpc) is 3.24. The Bertz CT molecular complexity index is 1190. The summed E-state index contributed by atoms with van der Waals surface area (Å²) in [5, 5.41) is 11.3. The molecule has 12 heteroatoms. The molecule has 2 aliphatic rings. The Kier molecular flexibility index (Phi) is 34.5. The van der Waals surface area contributed by atoms with E-state index in [0.717, 1.165) is 73.1 Å². The van der Waals surface area contributed by atoms with Crippen LogP contribution in [0, 0.1) is 5.92 Å². The molecule has 0 aromatic carbocycles. The Morgan fingerprint density at radius 2 is 0.887 bits per heavy atom. The first-order chi connectivity index (χ1) is 30.0. The number of unbranched alkanes of at least 4 members (excludes halogenated alkanes) is 28. The summed E-state index contributed by atoms with van der Waals surface area (Å²) in [6.45, 7) is 9.19. The van der Waals surface area contributed by atoms with Gasteiger partial charge in [0.05, 0.1) is 0 Å². The van der Waals surface area contributed by atoms with Crippen LogP contribution in [0.25, 0.3) is 0 Å². The van der Waals surface area contributed by atoms with Gasteiger partial charge in [-0.2, -0.15) is 0 Å². The van der Waals surface area contributed by atoms with E-state index in [9.17, 15) is 21.9 Å². The summed E-state index contributed by atoms with van der Waals surface area (Å²) < 4.78 is 81.6. The molecule has 2 rings (SSSR count). The maximum atomic E-state index is 13.5. The molecule has 1 N–H and O–H groups in total. The van der Waals surface area contributed by atoms with Crippen molar-refractivity contribution in [1.29, 1.82) is 0 Å². The fraction of sp³-hybridized carbons (Fsp3) is 1.00. The second-order valence-corrected chi connectivity index (χ2v) is 33.5. The topological polar surface area (TPSA) is 125 Å². The van der Waals surface area contributed by atoms with Crippen LogP contribution in [-0.2, 0) is 35.3 Å². The van der Waals surface area contributed by atoms with E-state index in [0.29, 0.717) is 19.4 Å². The SMILES string of the molecule is CCCCCCCCCCCCCCCCS(=O)(=O)CC(CO[C@@H]1C[C@@H](O)[C@@H]2[O][Sn]([CH2]CCC)([CH2]CCC)[O]C[C@H]2O1)CS(=O)(=O)CCCCCCCCCCCCCCCC. The first-order valence-electron chi connectivity index (χ1n) is 26.7. The molecule has 0 radical (unpaired) electrons. The van der Waals surface area contributed by atoms with Gasteiger partial charge in [-0.15, -0.1) is 0 Å². The van der Waals surface area contributed by atoms with E-state index < -0.39 is 69.4 Å². The number of ether oxygens (including phenoxy) is 2. The second kappa shape index (κ2) is 36.5. The Labute approximate surface area is 389 Å². The molecular weight excluding hydrogens is 927 g/mol. The van der Waals surface area contributed by atoms with Crippen molar-refractivity contribution in [3.8, 4) is 0 Å². The van der Waals surface area contributed by atoms with Crippen LogP contribution in [0.2, 0.25) is 8.87 Å². The van der Waals surface area contributed by atoms with Crippen LogP contribution in [0.5, 0.6) is 0 Å². The normalized spacial score (nSPS) is 20.5. The van der Waals surface area contributed by atoms with Crippen LogP contribution >= 0.6 is 0 Å². The van der Waals surface area contributed by atoms with Gasteiger partial charge >= 0.3 is 211 Å². The van der Waals surface area contributed by atoms with Gasteiger partial charge in [-0.05, 0) is 0 Å². The molecule has 0 bridgehead atoms. The summed E-state index contributed by atoms with van der Waals surface area (Å²) in [7, 11) is -7.00. The molecule has 9 nitrogen and oxygen atoms in total. The van der Waals surface area contributed by atoms with Gasteiger partial charge in [-0.3, -0.25) is 0 Å². The molecule has 0 unspecified atom stereocenters. The third-order valence-electron chi connectivity index (χ3n) is 13.3. The molecule has 62 heavy (non-hydrogen) atoms. The molecule has 2 aliphatic heterocycles. The van der Waals surface area contributed by atoms with Crippen LogP contribution in [0.3, 0.4) is 0 Å². The summed E-state index contributed by atoms with van der Waals surface area (Å²) >= 11 is -3.36. The summed E-state index contributed by atoms with van der Waals surface area (Å²) in [5.41, 5.74) is 0. The zero-order valence-electron chi connectivity index (χ0n) is 40.9. The van der Waals surface area contributed by atoms with E-state index in [-0.39, 0.29) is 36.0 Å². The number of aliphatic hydroxyl groups is 1. The monoisotopic (exact) mass is 1030 g/mol. The van der Waals surface area contributed by atoms with E-state index >= 15 is 0 Å². The Morgan fingerprint density at radius 3 is 1.26 bits per heavy atom. The molecule has 0 aromatic heterocycles. The van der Waals surface area contributed by atoms with Crippen LogP contribution in [0.15, 0.2) is 0 Å². The number of hydrogen-bond donors (Lipinski definition) is 1. The minimum atomic E-state index is -3.50. The third-order valence-corrected chi connectivity index (χ3v) is 27.4. The van der Waals surface area contributed by atoms with Crippen molar-refractivity contribution < 1.29 is 37.6 Å². The van der Waals surface area contributed by atoms with Gasteiger partial charge in [0.25, 0.3) is 0 Å². The molecule has 0 amide bonds. The fourth-order valence-corrected chi connectivity index (χ4v) is 24.2. The number of hydrogen-bond acceptors (Lipinski definition) is 9. The smallest absolute Gasteiger partial charge is 0.0654 e. The van der Waals surface area contributed by atoms with Crippen LogP contribution in [0.1, 0.15) is 240 Å². The molecular formula is C50H100O9S2Sn. The van der Waals surface area contributed by atoms with E-state index in [2.05, 4.69) is 27.7 Å². The number of sulfone groups is 2. The van der Waals surface area contributed by atoms with E-state index in [1.165, 1.54) is 128 Å². The molecule has 2 fully saturated rings. The number of rotatable bonds is 43. The van der Waals surface area contributed by atoms with E-state index in [4.69, 9.17) is 15.6 Å². The molecule has 4 atom stereocenters. The Balaban J connectivity index is 1.84. The van der Waals surface area contributed by atoms with Crippen LogP contribution in [0.4, 0.5) is 0 Å². The molecule has 2 heterocycles. The summed E-state index contributed by atoms with van der Waals surface area (Å²) in [4.78, 5) is 0. The zero-order valence-corrected chi connectivity index (χ0v) is 45.4. The van der Waals surface area contributed by atoms with Crippen LogP contribution < -0.4 is 0 Å². The molecule has 370 valence electrons. The zero-order chi connectivity index (χ0) is 45.2. The van der Waals surface area contributed by atoms with Gasteiger partial charge in [0.15, 0.2) is 0 Å². The van der Waals surface area contributed by atoms with Gasteiger partial charge in [0.1, 0.15) is 0 Å². The number of fused-ring (bicyclic) bond motifs is 1. The molecule has 0 saturated carbocycles. The van der Waals surface area contributed by atoms with Crippen molar-refractivity contribution in [3.05, 3.63) is 0 Å². The first-order valence-corrected chi connectivity index (χ1v) is 36.7. The third kappa shape index (κ3) is 28.6. The average molecular weight is 1030 g/mol. The maximum absolute atomic E-state index is 13.5. The standard InChI is InChI=1S/C42H82O9S2.2C4H9.Sn/c1-3-5-7-9-11-13-15-17-19-21-23-25-27-29-31-52(46,47)36-38(35-50-41-33-39(44)42(45)40(34-43)51-41)37-53(48,49)32-30-28-26-24-22-20-18-16-14-12-10-8-6-4-2;2*1-3-4-2;/h38-42,44H,3-37H2,1-2H3;2*1,3-4H2,2H3;/q-2;;;+2/t39-,40-,41+,42+;;;/m1.../s1. The van der Waals surface area contributed by atoms with Gasteiger partial charge in [0, 0.05) is 0 Å². The number of aliphatic hydroxyl groups excluding tert-OH is 1. The van der Waals surface area contributed by atoms with E-state index in [1.54, 1.807) is 0 Å². The fourth-order valence-electron chi connectivity index (χ4n) is 9.40. The van der Waals surface area contributed by atoms with Gasteiger partial charge in [-0.1, -0.05) is 181 Å². The Hall–Kier alpha value is 0.499. The molecule has 2 saturated heterocycles. The molecule has 0 spiro atoms. The van der Waals surface area contributed by atoms with E-state index in [1.807, 2.05) is 0 Å². The van der Waals surface area contributed by atoms with Crippen molar-refractivity contribution in [2.45, 2.75) is 273 Å². The minimum absolute atomic E-state index is 0.0530. The van der Waals surface area contributed by atoms with Crippen molar-refractivity contribution >= 4 is 38.9 Å². The van der Waals surface area contributed by atoms with Crippen molar-refractivity contribution in [2.24, 2.45) is 5.92 Å². The van der Waals surface area contributed by atoms with Gasteiger partial charge in [0.2, 0.25) is 0 Å². The minimum Gasteiger partial charge on any atom is -0.0654 e. The van der Waals surface area contributed by atoms with Crippen LogP contribution in [-0.4, -0.2) is 102 Å². The second-order valence-electron chi connectivity index (χ2n) is 19.5. The Morgan fingerprint density at radius 1 is 0.532 bits per heavy atom. The van der Waals surface area contributed by atoms with Crippen molar-refractivity contribution in [1.82, 2.24) is 0 Å². The van der Waals surface area contributed by atoms with Gasteiger partial charge < -0.3 is 0 Å².